The molecule has 14 heavy (non-hydrogen) atoms. The monoisotopic (exact) mass is 197 g/mol. The summed E-state index contributed by atoms with van der Waals surface area (Å²) in [5.41, 5.74) is 0.0855. The molecular formula is C11H19NO2. The van der Waals surface area contributed by atoms with Gasteiger partial charge in [-0.05, 0) is 38.0 Å². The van der Waals surface area contributed by atoms with E-state index in [1.807, 2.05) is 6.92 Å². The lowest BCUT2D eigenvalue weighted by molar-refractivity contribution is -0.122. The Hall–Kier alpha value is -0.570. The van der Waals surface area contributed by atoms with Crippen LogP contribution in [0.5, 0.6) is 0 Å². The number of hydrogen-bond acceptors (Lipinski definition) is 2. The van der Waals surface area contributed by atoms with Gasteiger partial charge in [0.25, 0.3) is 0 Å². The van der Waals surface area contributed by atoms with Crippen molar-refractivity contribution in [3.8, 4) is 0 Å². The molecule has 80 valence electrons. The first kappa shape index (κ1) is 9.97. The molecule has 3 nitrogen and oxygen atoms in total. The van der Waals surface area contributed by atoms with Crippen molar-refractivity contribution in [1.82, 2.24) is 5.32 Å². The molecule has 1 heterocycles. The normalized spacial score (nSPS) is 42.9. The maximum atomic E-state index is 11.4. The number of rotatable bonds is 1. The summed E-state index contributed by atoms with van der Waals surface area (Å²) in [5, 5.41) is 12.2. The van der Waals surface area contributed by atoms with Gasteiger partial charge in [-0.3, -0.25) is 4.79 Å². The average Bonchev–Trinajstić information content (AvgIpc) is 2.44. The molecule has 1 saturated carbocycles. The molecule has 2 rings (SSSR count). The summed E-state index contributed by atoms with van der Waals surface area (Å²) in [6.07, 6.45) is 5.21. The van der Waals surface area contributed by atoms with Crippen LogP contribution in [0.3, 0.4) is 0 Å². The van der Waals surface area contributed by atoms with Crippen LogP contribution in [0.15, 0.2) is 0 Å². The van der Waals surface area contributed by atoms with Gasteiger partial charge in [0.15, 0.2) is 0 Å². The minimum atomic E-state index is 0.0855. The van der Waals surface area contributed by atoms with Gasteiger partial charge in [0.1, 0.15) is 0 Å². The highest BCUT2D eigenvalue weighted by molar-refractivity contribution is 5.81. The lowest BCUT2D eigenvalue weighted by atomic mass is 9.75. The van der Waals surface area contributed by atoms with Crippen LogP contribution in [0.4, 0.5) is 0 Å². The second-order valence-corrected chi connectivity index (χ2v) is 5.00. The van der Waals surface area contributed by atoms with E-state index < -0.39 is 0 Å². The highest BCUT2D eigenvalue weighted by Crippen LogP contribution is 2.39. The first-order valence-corrected chi connectivity index (χ1v) is 5.58. The molecule has 0 aromatic rings. The van der Waals surface area contributed by atoms with Crippen molar-refractivity contribution in [3.05, 3.63) is 0 Å². The Bertz CT molecular complexity index is 231. The Balaban J connectivity index is 1.97. The molecule has 0 radical (unpaired) electrons. The van der Waals surface area contributed by atoms with E-state index in [2.05, 4.69) is 5.32 Å². The van der Waals surface area contributed by atoms with Crippen molar-refractivity contribution in [2.45, 2.75) is 44.6 Å². The molecule has 2 N–H and O–H groups in total. The molecule has 0 bridgehead atoms. The Morgan fingerprint density at radius 3 is 2.57 bits per heavy atom. The first-order valence-electron chi connectivity index (χ1n) is 5.58. The van der Waals surface area contributed by atoms with Gasteiger partial charge in [-0.2, -0.15) is 0 Å². The van der Waals surface area contributed by atoms with E-state index in [0.717, 1.165) is 32.1 Å². The van der Waals surface area contributed by atoms with Gasteiger partial charge < -0.3 is 10.4 Å². The molecule has 0 aromatic heterocycles. The lowest BCUT2D eigenvalue weighted by Crippen LogP contribution is -2.44. The number of carbonyl (C=O) groups excluding carboxylic acids is 1. The molecule has 2 aliphatic rings. The quantitative estimate of drug-likeness (QED) is 0.660. The summed E-state index contributed by atoms with van der Waals surface area (Å²) in [4.78, 5) is 11.4. The third-order valence-electron chi connectivity index (χ3n) is 3.85. The maximum absolute atomic E-state index is 11.4. The van der Waals surface area contributed by atoms with E-state index in [9.17, 15) is 4.79 Å². The summed E-state index contributed by atoms with van der Waals surface area (Å²) in [6.45, 7) is 2.31. The molecule has 0 aromatic carbocycles. The number of amides is 1. The molecular weight excluding hydrogens is 178 g/mol. The van der Waals surface area contributed by atoms with Gasteiger partial charge in [-0.1, -0.05) is 6.92 Å². The molecule has 1 aliphatic heterocycles. The van der Waals surface area contributed by atoms with E-state index >= 15 is 0 Å². The van der Waals surface area contributed by atoms with Gasteiger partial charge in [0.05, 0.1) is 0 Å². The molecule has 2 fully saturated rings. The summed E-state index contributed by atoms with van der Waals surface area (Å²) in [6, 6.07) is 0. The third-order valence-corrected chi connectivity index (χ3v) is 3.85. The van der Waals surface area contributed by atoms with Crippen molar-refractivity contribution in [1.29, 1.82) is 0 Å². The van der Waals surface area contributed by atoms with E-state index in [4.69, 9.17) is 5.11 Å². The van der Waals surface area contributed by atoms with Crippen LogP contribution in [0.25, 0.3) is 0 Å². The van der Waals surface area contributed by atoms with Crippen molar-refractivity contribution in [3.63, 3.8) is 0 Å². The number of nitrogens with one attached hydrogen (secondary N) is 1. The number of aliphatic hydroxyl groups excluding tert-OH is 1. The first-order chi connectivity index (χ1) is 6.65. The Morgan fingerprint density at radius 1 is 1.50 bits per heavy atom. The van der Waals surface area contributed by atoms with Crippen LogP contribution in [-0.2, 0) is 4.79 Å². The topological polar surface area (TPSA) is 49.3 Å². The van der Waals surface area contributed by atoms with Crippen LogP contribution in [0.2, 0.25) is 0 Å². The second kappa shape index (κ2) is 3.54. The lowest BCUT2D eigenvalue weighted by Gasteiger charge is -2.36. The molecule has 1 amide bonds. The number of hydrogen-bond donors (Lipinski definition) is 2. The van der Waals surface area contributed by atoms with Gasteiger partial charge in [-0.25, -0.2) is 0 Å². The molecule has 3 heteroatoms. The number of aliphatic hydroxyl groups is 1. The van der Waals surface area contributed by atoms with Crippen LogP contribution in [0.1, 0.15) is 39.0 Å². The van der Waals surface area contributed by atoms with E-state index in [0.29, 0.717) is 12.5 Å². The minimum Gasteiger partial charge on any atom is -0.396 e. The van der Waals surface area contributed by atoms with Crippen molar-refractivity contribution < 1.29 is 9.90 Å². The average molecular weight is 197 g/mol. The van der Waals surface area contributed by atoms with Crippen LogP contribution >= 0.6 is 0 Å². The molecule has 1 saturated heterocycles. The minimum absolute atomic E-state index is 0.0855. The van der Waals surface area contributed by atoms with Crippen LogP contribution in [-0.4, -0.2) is 23.2 Å². The predicted octanol–water partition coefficient (Wildman–Crippen LogP) is 1.06. The van der Waals surface area contributed by atoms with Crippen LogP contribution < -0.4 is 5.32 Å². The molecule has 1 spiro atoms. The largest absolute Gasteiger partial charge is 0.396 e. The standard InChI is InChI=1S/C11H19NO2/c1-8-6-11(12-10(8)14)4-2-9(7-13)3-5-11/h8-9,13H,2-7H2,1H3,(H,12,14)/t8?,9-,11-. The fourth-order valence-electron chi connectivity index (χ4n) is 2.86. The van der Waals surface area contributed by atoms with Gasteiger partial charge in [0, 0.05) is 18.1 Å². The zero-order chi connectivity index (χ0) is 10.2. The molecule has 1 unspecified atom stereocenters. The second-order valence-electron chi connectivity index (χ2n) is 5.00. The zero-order valence-electron chi connectivity index (χ0n) is 8.75. The summed E-state index contributed by atoms with van der Waals surface area (Å²) >= 11 is 0. The third kappa shape index (κ3) is 1.65. The number of carbonyl (C=O) groups is 1. The van der Waals surface area contributed by atoms with E-state index in [-0.39, 0.29) is 17.4 Å². The van der Waals surface area contributed by atoms with E-state index in [1.54, 1.807) is 0 Å². The fraction of sp³-hybridized carbons (Fsp3) is 0.909. The van der Waals surface area contributed by atoms with Crippen molar-refractivity contribution >= 4 is 5.91 Å². The van der Waals surface area contributed by atoms with Crippen molar-refractivity contribution in [2.75, 3.05) is 6.61 Å². The SMILES string of the molecule is CC1C[C@]2(CC[C@@H](CO)CC2)NC1=O. The molecule has 1 atom stereocenters. The van der Waals surface area contributed by atoms with Gasteiger partial charge >= 0.3 is 0 Å². The van der Waals surface area contributed by atoms with Crippen molar-refractivity contribution in [2.24, 2.45) is 11.8 Å². The Labute approximate surface area is 84.9 Å². The predicted molar refractivity (Wildman–Crippen MR) is 53.7 cm³/mol. The Kier molecular flexibility index (Phi) is 2.52. The summed E-state index contributed by atoms with van der Waals surface area (Å²) in [7, 11) is 0. The summed E-state index contributed by atoms with van der Waals surface area (Å²) in [5.74, 6) is 0.863. The Morgan fingerprint density at radius 2 is 2.14 bits per heavy atom. The maximum Gasteiger partial charge on any atom is 0.223 e. The zero-order valence-corrected chi connectivity index (χ0v) is 8.75. The van der Waals surface area contributed by atoms with Crippen LogP contribution in [0, 0.1) is 11.8 Å². The highest BCUT2D eigenvalue weighted by Gasteiger charge is 2.43. The van der Waals surface area contributed by atoms with Gasteiger partial charge in [-0.15, -0.1) is 0 Å². The molecule has 1 aliphatic carbocycles. The summed E-state index contributed by atoms with van der Waals surface area (Å²) < 4.78 is 0. The smallest absolute Gasteiger partial charge is 0.223 e. The van der Waals surface area contributed by atoms with Gasteiger partial charge in [0.2, 0.25) is 5.91 Å². The van der Waals surface area contributed by atoms with E-state index in [1.165, 1.54) is 0 Å². The fourth-order valence-corrected chi connectivity index (χ4v) is 2.86. The highest BCUT2D eigenvalue weighted by atomic mass is 16.3.